The van der Waals surface area contributed by atoms with E-state index in [1.807, 2.05) is 0 Å². The summed E-state index contributed by atoms with van der Waals surface area (Å²) >= 11 is 6.05. The monoisotopic (exact) mass is 543 g/mol. The maximum atomic E-state index is 14.1. The quantitative estimate of drug-likeness (QED) is 0.433. The van der Waals surface area contributed by atoms with E-state index in [0.717, 1.165) is 0 Å². The van der Waals surface area contributed by atoms with E-state index < -0.39 is 47.6 Å². The molecule has 10 nitrogen and oxygen atoms in total. The minimum atomic E-state index is -1.44. The Hall–Kier alpha value is -3.21. The number of benzene rings is 1. The Bertz CT molecular complexity index is 1190. The Balaban J connectivity index is 1.57. The van der Waals surface area contributed by atoms with Crippen LogP contribution in [0.2, 0.25) is 5.02 Å². The highest BCUT2D eigenvalue weighted by atomic mass is 35.5. The number of nitrogens with one attached hydrogen (secondary N) is 1. The number of fused-ring (bicyclic) bond motifs is 2. The van der Waals surface area contributed by atoms with Gasteiger partial charge in [-0.25, -0.2) is 0 Å². The predicted molar refractivity (Wildman–Crippen MR) is 137 cm³/mol. The number of aliphatic hydroxyl groups excluding tert-OH is 1. The number of cyclic esters (lactones) is 1. The highest BCUT2D eigenvalue weighted by molar-refractivity contribution is 6.30. The number of hydrogen-bond acceptors (Lipinski definition) is 7. The summed E-state index contributed by atoms with van der Waals surface area (Å²) in [7, 11) is 0. The lowest BCUT2D eigenvalue weighted by Gasteiger charge is -2.35. The van der Waals surface area contributed by atoms with E-state index in [2.05, 4.69) is 5.32 Å². The van der Waals surface area contributed by atoms with E-state index in [1.54, 1.807) is 55.5 Å². The molecule has 1 aromatic rings. The number of nitrogens with zero attached hydrogens (tertiary/aromatic N) is 2. The zero-order valence-corrected chi connectivity index (χ0v) is 21.7. The molecule has 38 heavy (non-hydrogen) atoms. The third kappa shape index (κ3) is 4.50. The van der Waals surface area contributed by atoms with E-state index in [-0.39, 0.29) is 44.5 Å². The van der Waals surface area contributed by atoms with E-state index >= 15 is 0 Å². The molecule has 1 spiro atoms. The van der Waals surface area contributed by atoms with Gasteiger partial charge in [-0.15, -0.1) is 0 Å². The van der Waals surface area contributed by atoms with Gasteiger partial charge in [0.1, 0.15) is 23.7 Å². The normalized spacial score (nSPS) is 34.3. The number of carbonyl (C=O) groups excluding carboxylic acids is 4. The SMILES string of the molecule is C[C@@H]1CNC(=O)CC/C=C\[C@H]2O[C@]34C=CCN(c5ccc(Cl)cc5)C(=O)[C@H]3N(CCO)C(=O)[C@@H]4[C@H]2C(=O)O1. The number of likely N-dealkylation sites (tertiary alicyclic amines) is 1. The van der Waals surface area contributed by atoms with Gasteiger partial charge in [-0.3, -0.25) is 19.2 Å². The molecule has 1 aromatic carbocycles. The molecule has 4 aliphatic rings. The number of anilines is 1. The molecule has 2 fully saturated rings. The average Bonchev–Trinajstić information content (AvgIpc) is 3.26. The predicted octanol–water partition coefficient (Wildman–Crippen LogP) is 1.21. The summed E-state index contributed by atoms with van der Waals surface area (Å²) < 4.78 is 12.2. The molecule has 11 heteroatoms. The molecule has 202 valence electrons. The standard InChI is InChI=1S/C27H30ClN3O7/c1-16-15-29-20(33)6-3-2-5-19-21(26(36)37-16)22-24(34)31(13-14-32)23-25(35)30(12-4-11-27(22,23)38-19)18-9-7-17(28)8-10-18/h2,4-5,7-11,16,19,21-23,32H,3,6,12-15H2,1H3,(H,29,33)/b5-2-/t16-,19-,21+,22+,23-,27+/m1/s1. The van der Waals surface area contributed by atoms with Crippen molar-refractivity contribution in [1.29, 1.82) is 0 Å². The highest BCUT2D eigenvalue weighted by Gasteiger charge is 2.71. The van der Waals surface area contributed by atoms with Crippen LogP contribution in [-0.2, 0) is 28.7 Å². The topological polar surface area (TPSA) is 125 Å². The molecule has 0 aromatic heterocycles. The molecule has 3 amide bonds. The Morgan fingerprint density at radius 2 is 1.89 bits per heavy atom. The summed E-state index contributed by atoms with van der Waals surface area (Å²) in [5.74, 6) is -3.68. The van der Waals surface area contributed by atoms with Crippen LogP contribution in [0.25, 0.3) is 0 Å². The lowest BCUT2D eigenvalue weighted by Crippen LogP contribution is -2.55. The molecular weight excluding hydrogens is 514 g/mol. The molecule has 4 aliphatic heterocycles. The third-order valence-electron chi connectivity index (χ3n) is 7.51. The number of aliphatic hydroxyl groups is 1. The van der Waals surface area contributed by atoms with E-state index in [1.165, 1.54) is 9.80 Å². The summed E-state index contributed by atoms with van der Waals surface area (Å²) in [6.07, 6.45) is 6.12. The fraction of sp³-hybridized carbons (Fsp3) is 0.481. The molecule has 2 N–H and O–H groups in total. The first-order chi connectivity index (χ1) is 18.3. The molecule has 0 bridgehead atoms. The Kier molecular flexibility index (Phi) is 7.30. The van der Waals surface area contributed by atoms with Crippen LogP contribution in [0.4, 0.5) is 5.69 Å². The van der Waals surface area contributed by atoms with E-state index in [4.69, 9.17) is 21.1 Å². The molecule has 0 aliphatic carbocycles. The Morgan fingerprint density at radius 1 is 1.13 bits per heavy atom. The number of rotatable bonds is 3. The Labute approximate surface area is 225 Å². The van der Waals surface area contributed by atoms with Crippen molar-refractivity contribution in [3.63, 3.8) is 0 Å². The van der Waals surface area contributed by atoms with Crippen LogP contribution in [0, 0.1) is 11.8 Å². The molecule has 0 radical (unpaired) electrons. The van der Waals surface area contributed by atoms with Crippen LogP contribution < -0.4 is 10.2 Å². The first kappa shape index (κ1) is 26.4. The second kappa shape index (κ2) is 10.5. The van der Waals surface area contributed by atoms with Crippen molar-refractivity contribution in [3.05, 3.63) is 53.6 Å². The number of allylic oxidation sites excluding steroid dienone is 1. The summed E-state index contributed by atoms with van der Waals surface area (Å²) in [6.45, 7) is 1.57. The number of ether oxygens (including phenoxy) is 2. The number of halogens is 1. The molecule has 2 saturated heterocycles. The zero-order valence-electron chi connectivity index (χ0n) is 20.9. The molecule has 6 atom stereocenters. The number of hydrogen-bond donors (Lipinski definition) is 2. The van der Waals surface area contributed by atoms with Crippen molar-refractivity contribution in [1.82, 2.24) is 10.2 Å². The Morgan fingerprint density at radius 3 is 2.63 bits per heavy atom. The summed E-state index contributed by atoms with van der Waals surface area (Å²) in [5, 5.41) is 13.0. The van der Waals surface area contributed by atoms with Gasteiger partial charge in [-0.2, -0.15) is 0 Å². The lowest BCUT2D eigenvalue weighted by atomic mass is 9.78. The van der Waals surface area contributed by atoms with Gasteiger partial charge in [0.05, 0.1) is 25.2 Å². The summed E-state index contributed by atoms with van der Waals surface area (Å²) in [5.41, 5.74) is -0.850. The molecule has 0 saturated carbocycles. The van der Waals surface area contributed by atoms with Crippen LogP contribution in [0.15, 0.2) is 48.6 Å². The lowest BCUT2D eigenvalue weighted by molar-refractivity contribution is -0.158. The van der Waals surface area contributed by atoms with E-state index in [9.17, 15) is 24.3 Å². The number of esters is 1. The average molecular weight is 544 g/mol. The van der Waals surface area contributed by atoms with Crippen molar-refractivity contribution >= 4 is 41.0 Å². The van der Waals surface area contributed by atoms with Gasteiger partial charge in [-0.1, -0.05) is 35.9 Å². The van der Waals surface area contributed by atoms with Gasteiger partial charge >= 0.3 is 5.97 Å². The maximum Gasteiger partial charge on any atom is 0.313 e. The summed E-state index contributed by atoms with van der Waals surface area (Å²) in [6, 6.07) is 5.68. The second-order valence-electron chi connectivity index (χ2n) is 9.94. The third-order valence-corrected chi connectivity index (χ3v) is 7.76. The number of amides is 3. The first-order valence-corrected chi connectivity index (χ1v) is 13.1. The van der Waals surface area contributed by atoms with Gasteiger partial charge in [-0.05, 0) is 37.6 Å². The van der Waals surface area contributed by atoms with Crippen molar-refractivity contribution in [2.45, 2.75) is 43.6 Å². The van der Waals surface area contributed by atoms with Crippen LogP contribution in [-0.4, -0.2) is 83.8 Å². The fourth-order valence-corrected chi connectivity index (χ4v) is 5.99. The molecule has 0 unspecified atom stereocenters. The zero-order chi connectivity index (χ0) is 27.0. The fourth-order valence-electron chi connectivity index (χ4n) is 5.86. The first-order valence-electron chi connectivity index (χ1n) is 12.7. The van der Waals surface area contributed by atoms with Gasteiger partial charge in [0.15, 0.2) is 0 Å². The van der Waals surface area contributed by atoms with Crippen molar-refractivity contribution in [2.75, 3.05) is 31.1 Å². The smallest absolute Gasteiger partial charge is 0.313 e. The maximum absolute atomic E-state index is 14.1. The van der Waals surface area contributed by atoms with Crippen LogP contribution >= 0.6 is 11.6 Å². The molecule has 5 rings (SSSR count). The van der Waals surface area contributed by atoms with Gasteiger partial charge < -0.3 is 29.7 Å². The van der Waals surface area contributed by atoms with Gasteiger partial charge in [0, 0.05) is 30.2 Å². The molecular formula is C27H30ClN3O7. The minimum Gasteiger partial charge on any atom is -0.460 e. The van der Waals surface area contributed by atoms with Gasteiger partial charge in [0.2, 0.25) is 11.8 Å². The molecule has 4 heterocycles. The minimum absolute atomic E-state index is 0.0934. The number of carbonyl (C=O) groups is 4. The van der Waals surface area contributed by atoms with Gasteiger partial charge in [0.25, 0.3) is 5.91 Å². The van der Waals surface area contributed by atoms with Crippen LogP contribution in [0.5, 0.6) is 0 Å². The van der Waals surface area contributed by atoms with Crippen molar-refractivity contribution in [2.24, 2.45) is 11.8 Å². The second-order valence-corrected chi connectivity index (χ2v) is 10.4. The largest absolute Gasteiger partial charge is 0.460 e. The van der Waals surface area contributed by atoms with Crippen LogP contribution in [0.3, 0.4) is 0 Å². The van der Waals surface area contributed by atoms with Crippen LogP contribution in [0.1, 0.15) is 19.8 Å². The number of β-amino-alcohol motifs (C(OH)–C–C–N with tert-alkyl or cyclic N) is 1. The van der Waals surface area contributed by atoms with E-state index in [0.29, 0.717) is 17.1 Å². The summed E-state index contributed by atoms with van der Waals surface area (Å²) in [4.78, 5) is 56.4. The highest BCUT2D eigenvalue weighted by Crippen LogP contribution is 2.53. The van der Waals surface area contributed by atoms with Crippen molar-refractivity contribution in [3.8, 4) is 0 Å². The van der Waals surface area contributed by atoms with Crippen molar-refractivity contribution < 1.29 is 33.8 Å².